The highest BCUT2D eigenvalue weighted by Gasteiger charge is 2.09. The standard InChI is InChI=1S/C15H25ClN2O/c1-3-7-17-12-13-5-6-15(14(16)11-13)18(8-4-2)9-10-19/h5-6,11,17,19H,3-4,7-10,12H2,1-2H3. The number of nitrogens with one attached hydrogen (secondary N) is 1. The monoisotopic (exact) mass is 284 g/mol. The van der Waals surface area contributed by atoms with Gasteiger partial charge in [-0.2, -0.15) is 0 Å². The van der Waals surface area contributed by atoms with Gasteiger partial charge >= 0.3 is 0 Å². The molecule has 3 nitrogen and oxygen atoms in total. The van der Waals surface area contributed by atoms with E-state index in [1.807, 2.05) is 6.07 Å². The van der Waals surface area contributed by atoms with E-state index in [9.17, 15) is 0 Å². The van der Waals surface area contributed by atoms with Crippen LogP contribution in [0.1, 0.15) is 32.3 Å². The highest BCUT2D eigenvalue weighted by Crippen LogP contribution is 2.27. The predicted octanol–water partition coefficient (Wildman–Crippen LogP) is 3.05. The summed E-state index contributed by atoms with van der Waals surface area (Å²) in [5, 5.41) is 13.2. The Labute approximate surface area is 121 Å². The Bertz CT molecular complexity index is 365. The van der Waals surface area contributed by atoms with E-state index in [2.05, 4.69) is 36.2 Å². The minimum absolute atomic E-state index is 0.149. The van der Waals surface area contributed by atoms with Gasteiger partial charge in [-0.1, -0.05) is 31.5 Å². The van der Waals surface area contributed by atoms with Crippen molar-refractivity contribution in [2.45, 2.75) is 33.2 Å². The molecule has 0 fully saturated rings. The molecule has 0 aliphatic rings. The first-order valence-corrected chi connectivity index (χ1v) is 7.45. The zero-order valence-corrected chi connectivity index (χ0v) is 12.7. The lowest BCUT2D eigenvalue weighted by molar-refractivity contribution is 0.302. The lowest BCUT2D eigenvalue weighted by atomic mass is 10.2. The van der Waals surface area contributed by atoms with Gasteiger partial charge < -0.3 is 15.3 Å². The summed E-state index contributed by atoms with van der Waals surface area (Å²) in [5.74, 6) is 0. The maximum absolute atomic E-state index is 9.12. The zero-order chi connectivity index (χ0) is 14.1. The maximum Gasteiger partial charge on any atom is 0.0642 e. The van der Waals surface area contributed by atoms with Gasteiger partial charge in [0.15, 0.2) is 0 Å². The second kappa shape index (κ2) is 9.18. The maximum atomic E-state index is 9.12. The second-order valence-electron chi connectivity index (χ2n) is 4.67. The fourth-order valence-corrected chi connectivity index (χ4v) is 2.39. The van der Waals surface area contributed by atoms with Crippen molar-refractivity contribution in [1.82, 2.24) is 5.32 Å². The van der Waals surface area contributed by atoms with Crippen LogP contribution < -0.4 is 10.2 Å². The summed E-state index contributed by atoms with van der Waals surface area (Å²) in [5.41, 5.74) is 2.21. The van der Waals surface area contributed by atoms with Crippen molar-refractivity contribution in [3.63, 3.8) is 0 Å². The van der Waals surface area contributed by atoms with Gasteiger partial charge in [0, 0.05) is 19.6 Å². The summed E-state index contributed by atoms with van der Waals surface area (Å²) in [6, 6.07) is 6.17. The number of rotatable bonds is 9. The normalized spacial score (nSPS) is 10.7. The van der Waals surface area contributed by atoms with Crippen molar-refractivity contribution in [2.75, 3.05) is 31.1 Å². The quantitative estimate of drug-likeness (QED) is 0.684. The minimum Gasteiger partial charge on any atom is -0.395 e. The Morgan fingerprint density at radius 1 is 1.21 bits per heavy atom. The number of nitrogens with zero attached hydrogens (tertiary/aromatic N) is 1. The van der Waals surface area contributed by atoms with Crippen LogP contribution in [0.4, 0.5) is 5.69 Å². The van der Waals surface area contributed by atoms with Gasteiger partial charge in [0.05, 0.1) is 17.3 Å². The molecule has 0 unspecified atom stereocenters. The summed E-state index contributed by atoms with van der Waals surface area (Å²) in [7, 11) is 0. The van der Waals surface area contributed by atoms with Crippen molar-refractivity contribution in [2.24, 2.45) is 0 Å². The first-order chi connectivity index (χ1) is 9.22. The van der Waals surface area contributed by atoms with Crippen molar-refractivity contribution in [3.8, 4) is 0 Å². The fraction of sp³-hybridized carbons (Fsp3) is 0.600. The molecule has 0 aromatic heterocycles. The molecule has 19 heavy (non-hydrogen) atoms. The fourth-order valence-electron chi connectivity index (χ4n) is 2.07. The molecule has 0 saturated carbocycles. The van der Waals surface area contributed by atoms with Crippen molar-refractivity contribution >= 4 is 17.3 Å². The van der Waals surface area contributed by atoms with Crippen molar-refractivity contribution in [3.05, 3.63) is 28.8 Å². The van der Waals surface area contributed by atoms with E-state index in [4.69, 9.17) is 16.7 Å². The number of hydrogen-bond donors (Lipinski definition) is 2. The van der Waals surface area contributed by atoms with Gasteiger partial charge in [-0.25, -0.2) is 0 Å². The van der Waals surface area contributed by atoms with Crippen LogP contribution in [-0.4, -0.2) is 31.3 Å². The van der Waals surface area contributed by atoms with Gasteiger partial charge in [-0.05, 0) is 37.1 Å². The lowest BCUT2D eigenvalue weighted by Crippen LogP contribution is -2.27. The topological polar surface area (TPSA) is 35.5 Å². The summed E-state index contributed by atoms with van der Waals surface area (Å²) >= 11 is 6.36. The van der Waals surface area contributed by atoms with Gasteiger partial charge in [0.2, 0.25) is 0 Å². The summed E-state index contributed by atoms with van der Waals surface area (Å²) in [4.78, 5) is 2.13. The molecule has 1 aromatic rings. The van der Waals surface area contributed by atoms with Crippen LogP contribution in [0.25, 0.3) is 0 Å². The molecular formula is C15H25ClN2O. The molecule has 0 aliphatic heterocycles. The van der Waals surface area contributed by atoms with Gasteiger partial charge in [0.25, 0.3) is 0 Å². The molecule has 1 aromatic carbocycles. The van der Waals surface area contributed by atoms with E-state index in [1.54, 1.807) is 0 Å². The summed E-state index contributed by atoms with van der Waals surface area (Å²) in [6.45, 7) is 7.83. The molecule has 0 aliphatic carbocycles. The van der Waals surface area contributed by atoms with Crippen LogP contribution in [0.3, 0.4) is 0 Å². The molecule has 4 heteroatoms. The molecule has 108 valence electrons. The van der Waals surface area contributed by atoms with Gasteiger partial charge in [0.1, 0.15) is 0 Å². The Hall–Kier alpha value is -0.770. The number of hydrogen-bond acceptors (Lipinski definition) is 3. The number of halogens is 1. The molecule has 0 atom stereocenters. The average molecular weight is 285 g/mol. The van der Waals surface area contributed by atoms with E-state index >= 15 is 0 Å². The number of benzene rings is 1. The average Bonchev–Trinajstić information content (AvgIpc) is 2.39. The molecular weight excluding hydrogens is 260 g/mol. The second-order valence-corrected chi connectivity index (χ2v) is 5.08. The lowest BCUT2D eigenvalue weighted by Gasteiger charge is -2.24. The zero-order valence-electron chi connectivity index (χ0n) is 12.0. The molecule has 0 spiro atoms. The first-order valence-electron chi connectivity index (χ1n) is 7.07. The minimum atomic E-state index is 0.149. The Kier molecular flexibility index (Phi) is 7.87. The first kappa shape index (κ1) is 16.3. The van der Waals surface area contributed by atoms with Crippen LogP contribution in [0.2, 0.25) is 5.02 Å². The van der Waals surface area contributed by atoms with Gasteiger partial charge in [-0.15, -0.1) is 0 Å². The summed E-state index contributed by atoms with van der Waals surface area (Å²) in [6.07, 6.45) is 2.17. The van der Waals surface area contributed by atoms with E-state index in [1.165, 1.54) is 5.56 Å². The molecule has 2 N–H and O–H groups in total. The third-order valence-corrected chi connectivity index (χ3v) is 3.27. The summed E-state index contributed by atoms with van der Waals surface area (Å²) < 4.78 is 0. The third kappa shape index (κ3) is 5.39. The van der Waals surface area contributed by atoms with Gasteiger partial charge in [-0.3, -0.25) is 0 Å². The molecule has 0 radical (unpaired) electrons. The molecule has 0 saturated heterocycles. The smallest absolute Gasteiger partial charge is 0.0642 e. The van der Waals surface area contributed by atoms with E-state index in [0.29, 0.717) is 6.54 Å². The van der Waals surface area contributed by atoms with E-state index in [0.717, 1.165) is 43.2 Å². The van der Waals surface area contributed by atoms with Crippen LogP contribution in [0, 0.1) is 0 Å². The molecule has 0 heterocycles. The van der Waals surface area contributed by atoms with E-state index < -0.39 is 0 Å². The highest BCUT2D eigenvalue weighted by atomic mass is 35.5. The Morgan fingerprint density at radius 3 is 2.58 bits per heavy atom. The van der Waals surface area contributed by atoms with Crippen LogP contribution in [0.15, 0.2) is 18.2 Å². The van der Waals surface area contributed by atoms with Crippen molar-refractivity contribution in [1.29, 1.82) is 0 Å². The number of aliphatic hydroxyl groups excluding tert-OH is 1. The molecule has 0 amide bonds. The highest BCUT2D eigenvalue weighted by molar-refractivity contribution is 6.33. The Morgan fingerprint density at radius 2 is 2.00 bits per heavy atom. The number of aliphatic hydroxyl groups is 1. The Balaban J connectivity index is 2.73. The van der Waals surface area contributed by atoms with Crippen LogP contribution >= 0.6 is 11.6 Å². The largest absolute Gasteiger partial charge is 0.395 e. The van der Waals surface area contributed by atoms with E-state index in [-0.39, 0.29) is 6.61 Å². The number of anilines is 1. The predicted molar refractivity (Wildman–Crippen MR) is 83.0 cm³/mol. The third-order valence-electron chi connectivity index (χ3n) is 2.97. The molecule has 1 rings (SSSR count). The van der Waals surface area contributed by atoms with Crippen molar-refractivity contribution < 1.29 is 5.11 Å². The van der Waals surface area contributed by atoms with Crippen LogP contribution in [-0.2, 0) is 6.54 Å². The van der Waals surface area contributed by atoms with Crippen LogP contribution in [0.5, 0.6) is 0 Å². The molecule has 0 bridgehead atoms. The SMILES string of the molecule is CCCNCc1ccc(N(CCC)CCO)c(Cl)c1.